The molecule has 2 N–H and O–H groups in total. The Balaban J connectivity index is 2.01. The van der Waals surface area contributed by atoms with E-state index in [0.29, 0.717) is 6.04 Å². The molecule has 1 atom stereocenters. The third kappa shape index (κ3) is 3.35. The van der Waals surface area contributed by atoms with Gasteiger partial charge in [-0.2, -0.15) is 5.10 Å². The van der Waals surface area contributed by atoms with Crippen molar-refractivity contribution in [2.24, 2.45) is 12.8 Å². The number of carbonyl (C=O) groups excluding carboxylic acids is 1. The summed E-state index contributed by atoms with van der Waals surface area (Å²) < 4.78 is 1.67. The third-order valence-electron chi connectivity index (χ3n) is 4.07. The largest absolute Gasteiger partial charge is 0.341 e. The molecule has 1 aliphatic rings. The number of rotatable bonds is 3. The zero-order valence-corrected chi connectivity index (χ0v) is 11.9. The summed E-state index contributed by atoms with van der Waals surface area (Å²) in [5, 5.41) is 4.07. The monoisotopic (exact) mass is 264 g/mol. The van der Waals surface area contributed by atoms with Crippen molar-refractivity contribution >= 4 is 5.91 Å². The average molecular weight is 264 g/mol. The highest BCUT2D eigenvalue weighted by Gasteiger charge is 2.26. The van der Waals surface area contributed by atoms with Crippen molar-refractivity contribution in [1.29, 1.82) is 0 Å². The minimum absolute atomic E-state index is 0.0000926. The summed E-state index contributed by atoms with van der Waals surface area (Å²) >= 11 is 0. The maximum Gasteiger partial charge on any atom is 0.244 e. The first kappa shape index (κ1) is 14.1. The number of hydrogen-bond donors (Lipinski definition) is 1. The van der Waals surface area contributed by atoms with Crippen LogP contribution in [0.25, 0.3) is 0 Å². The van der Waals surface area contributed by atoms with Crippen molar-refractivity contribution in [2.45, 2.75) is 50.6 Å². The van der Waals surface area contributed by atoms with Gasteiger partial charge >= 0.3 is 0 Å². The summed E-state index contributed by atoms with van der Waals surface area (Å²) in [5.41, 5.74) is 6.84. The van der Waals surface area contributed by atoms with Gasteiger partial charge < -0.3 is 10.6 Å². The van der Waals surface area contributed by atoms with Gasteiger partial charge in [-0.25, -0.2) is 0 Å². The molecular weight excluding hydrogens is 240 g/mol. The smallest absolute Gasteiger partial charge is 0.244 e. The lowest BCUT2D eigenvalue weighted by atomic mass is 10.1. The summed E-state index contributed by atoms with van der Waals surface area (Å²) in [7, 11) is 3.71. The molecule has 5 nitrogen and oxygen atoms in total. The van der Waals surface area contributed by atoms with E-state index in [1.165, 1.54) is 25.7 Å². The Morgan fingerprint density at radius 3 is 2.58 bits per heavy atom. The van der Waals surface area contributed by atoms with Gasteiger partial charge in [0.1, 0.15) is 6.04 Å². The van der Waals surface area contributed by atoms with Crippen molar-refractivity contribution in [3.05, 3.63) is 18.0 Å². The van der Waals surface area contributed by atoms with Crippen molar-refractivity contribution in [1.82, 2.24) is 14.7 Å². The highest BCUT2D eigenvalue weighted by Crippen LogP contribution is 2.23. The second-order valence-electron chi connectivity index (χ2n) is 5.52. The van der Waals surface area contributed by atoms with Crippen LogP contribution in [0.2, 0.25) is 0 Å². The Bertz CT molecular complexity index is 421. The van der Waals surface area contributed by atoms with Gasteiger partial charge in [0.2, 0.25) is 5.91 Å². The summed E-state index contributed by atoms with van der Waals surface area (Å²) in [6.07, 6.45) is 10.7. The molecule has 0 radical (unpaired) electrons. The predicted molar refractivity (Wildman–Crippen MR) is 74.4 cm³/mol. The summed E-state index contributed by atoms with van der Waals surface area (Å²) in [6.45, 7) is 0. The second kappa shape index (κ2) is 6.19. The van der Waals surface area contributed by atoms with Crippen LogP contribution < -0.4 is 5.73 Å². The minimum atomic E-state index is -0.595. The van der Waals surface area contributed by atoms with Crippen LogP contribution >= 0.6 is 0 Å². The van der Waals surface area contributed by atoms with E-state index in [2.05, 4.69) is 5.10 Å². The average Bonchev–Trinajstić information content (AvgIpc) is 2.68. The summed E-state index contributed by atoms with van der Waals surface area (Å²) in [6, 6.07) is -0.250. The van der Waals surface area contributed by atoms with E-state index in [1.54, 1.807) is 10.9 Å². The van der Waals surface area contributed by atoms with Crippen molar-refractivity contribution < 1.29 is 4.79 Å². The normalized spacial score (nSPS) is 18.9. The molecule has 0 bridgehead atoms. The summed E-state index contributed by atoms with van der Waals surface area (Å²) in [5.74, 6) is -0.0000926. The molecule has 1 aromatic rings. The fourth-order valence-electron chi connectivity index (χ4n) is 2.79. The van der Waals surface area contributed by atoms with Gasteiger partial charge in [0, 0.05) is 31.9 Å². The van der Waals surface area contributed by atoms with Crippen LogP contribution in [0, 0.1) is 0 Å². The number of carbonyl (C=O) groups is 1. The maximum atomic E-state index is 12.4. The Morgan fingerprint density at radius 1 is 1.42 bits per heavy atom. The van der Waals surface area contributed by atoms with Crippen LogP contribution in [-0.2, 0) is 11.8 Å². The summed E-state index contributed by atoms with van der Waals surface area (Å²) in [4.78, 5) is 14.3. The first-order valence-corrected chi connectivity index (χ1v) is 7.10. The highest BCUT2D eigenvalue weighted by molar-refractivity contribution is 5.83. The molecule has 0 spiro atoms. The maximum absolute atomic E-state index is 12.4. The minimum Gasteiger partial charge on any atom is -0.341 e. The molecule has 1 unspecified atom stereocenters. The number of aryl methyl sites for hydroxylation is 1. The molecule has 0 aliphatic heterocycles. The quantitative estimate of drug-likeness (QED) is 0.843. The van der Waals surface area contributed by atoms with Crippen LogP contribution in [0.3, 0.4) is 0 Å². The fraction of sp³-hybridized carbons (Fsp3) is 0.714. The Labute approximate surface area is 114 Å². The van der Waals surface area contributed by atoms with Crippen LogP contribution in [0.1, 0.15) is 50.1 Å². The molecule has 1 amide bonds. The molecule has 1 aliphatic carbocycles. The number of amides is 1. The lowest BCUT2D eigenvalue weighted by Gasteiger charge is -2.29. The van der Waals surface area contributed by atoms with E-state index in [4.69, 9.17) is 5.73 Å². The van der Waals surface area contributed by atoms with Gasteiger partial charge in [-0.3, -0.25) is 9.48 Å². The molecule has 106 valence electrons. The van der Waals surface area contributed by atoms with Crippen molar-refractivity contribution in [2.75, 3.05) is 7.05 Å². The number of nitrogens with two attached hydrogens (primary N) is 1. The lowest BCUT2D eigenvalue weighted by molar-refractivity contribution is -0.133. The van der Waals surface area contributed by atoms with Crippen molar-refractivity contribution in [3.8, 4) is 0 Å². The molecule has 0 aromatic carbocycles. The molecule has 2 rings (SSSR count). The number of likely N-dealkylation sites (N-methyl/N-ethyl adjacent to an activating group) is 1. The molecule has 1 saturated carbocycles. The van der Waals surface area contributed by atoms with Crippen LogP contribution in [0.4, 0.5) is 0 Å². The Hall–Kier alpha value is -1.36. The van der Waals surface area contributed by atoms with Crippen LogP contribution in [0.15, 0.2) is 12.4 Å². The molecule has 1 aromatic heterocycles. The van der Waals surface area contributed by atoms with Gasteiger partial charge in [0.05, 0.1) is 6.20 Å². The van der Waals surface area contributed by atoms with Gasteiger partial charge in [-0.15, -0.1) is 0 Å². The lowest BCUT2D eigenvalue weighted by Crippen LogP contribution is -2.42. The predicted octanol–water partition coefficient (Wildman–Crippen LogP) is 1.60. The van der Waals surface area contributed by atoms with Gasteiger partial charge in [0.25, 0.3) is 0 Å². The Kier molecular flexibility index (Phi) is 4.58. The molecular formula is C14H24N4O. The first-order chi connectivity index (χ1) is 9.09. The molecule has 1 fully saturated rings. The SMILES string of the molecule is CN(C(=O)C(N)c1cnn(C)c1)C1CCCCCC1. The van der Waals surface area contributed by atoms with E-state index < -0.39 is 6.04 Å². The standard InChI is InChI=1S/C14H24N4O/c1-17-10-11(9-16-17)13(15)14(19)18(2)12-7-5-3-4-6-8-12/h9-10,12-13H,3-8,15H2,1-2H3. The first-order valence-electron chi connectivity index (χ1n) is 7.10. The van der Waals surface area contributed by atoms with Gasteiger partial charge in [0.15, 0.2) is 0 Å². The molecule has 0 saturated heterocycles. The van der Waals surface area contributed by atoms with E-state index in [1.807, 2.05) is 25.2 Å². The van der Waals surface area contributed by atoms with E-state index >= 15 is 0 Å². The van der Waals surface area contributed by atoms with E-state index in [0.717, 1.165) is 18.4 Å². The molecule has 19 heavy (non-hydrogen) atoms. The zero-order valence-electron chi connectivity index (χ0n) is 11.9. The number of aromatic nitrogens is 2. The second-order valence-corrected chi connectivity index (χ2v) is 5.52. The molecule has 5 heteroatoms. The number of nitrogens with zero attached hydrogens (tertiary/aromatic N) is 3. The topological polar surface area (TPSA) is 64.2 Å². The van der Waals surface area contributed by atoms with E-state index in [9.17, 15) is 4.79 Å². The van der Waals surface area contributed by atoms with Crippen LogP contribution in [0.5, 0.6) is 0 Å². The third-order valence-corrected chi connectivity index (χ3v) is 4.07. The number of hydrogen-bond acceptors (Lipinski definition) is 3. The highest BCUT2D eigenvalue weighted by atomic mass is 16.2. The zero-order chi connectivity index (χ0) is 13.8. The van der Waals surface area contributed by atoms with Gasteiger partial charge in [-0.05, 0) is 12.8 Å². The fourth-order valence-corrected chi connectivity index (χ4v) is 2.79. The van der Waals surface area contributed by atoms with E-state index in [-0.39, 0.29) is 5.91 Å². The van der Waals surface area contributed by atoms with Gasteiger partial charge in [-0.1, -0.05) is 25.7 Å². The Morgan fingerprint density at radius 2 is 2.05 bits per heavy atom. The van der Waals surface area contributed by atoms with Crippen LogP contribution in [-0.4, -0.2) is 33.7 Å². The van der Waals surface area contributed by atoms with Crippen molar-refractivity contribution in [3.63, 3.8) is 0 Å². The molecule has 1 heterocycles.